The third kappa shape index (κ3) is 3.83. The van der Waals surface area contributed by atoms with Crippen LogP contribution in [-0.2, 0) is 11.3 Å². The van der Waals surface area contributed by atoms with Gasteiger partial charge in [0.25, 0.3) is 0 Å². The van der Waals surface area contributed by atoms with Gasteiger partial charge in [0.2, 0.25) is 0 Å². The van der Waals surface area contributed by atoms with Crippen LogP contribution in [0.3, 0.4) is 0 Å². The molecule has 4 heteroatoms. The number of ether oxygens (including phenoxy) is 1. The Kier molecular flexibility index (Phi) is 5.61. The Morgan fingerprint density at radius 2 is 2.00 bits per heavy atom. The molecule has 0 saturated heterocycles. The molecule has 0 aliphatic carbocycles. The number of thiophene rings is 1. The predicted octanol–water partition coefficient (Wildman–Crippen LogP) is 4.71. The average molecular weight is 310 g/mol. The van der Waals surface area contributed by atoms with Gasteiger partial charge in [-0.3, -0.25) is 0 Å². The lowest BCUT2D eigenvalue weighted by atomic mass is 10.1. The smallest absolute Gasteiger partial charge is 0.107 e. The lowest BCUT2D eigenvalue weighted by Gasteiger charge is -2.22. The van der Waals surface area contributed by atoms with Crippen LogP contribution < -0.4 is 5.73 Å². The normalized spacial score (nSPS) is 14.2. The summed E-state index contributed by atoms with van der Waals surface area (Å²) in [7, 11) is 0. The van der Waals surface area contributed by atoms with Crippen molar-refractivity contribution >= 4 is 22.9 Å². The lowest BCUT2D eigenvalue weighted by Crippen LogP contribution is -2.29. The molecule has 0 amide bonds. The lowest BCUT2D eigenvalue weighted by molar-refractivity contribution is 0.0236. The van der Waals surface area contributed by atoms with Crippen molar-refractivity contribution in [1.82, 2.24) is 0 Å². The Labute approximate surface area is 129 Å². The van der Waals surface area contributed by atoms with E-state index in [1.807, 2.05) is 24.3 Å². The van der Waals surface area contributed by atoms with Gasteiger partial charge in [-0.25, -0.2) is 0 Å². The highest BCUT2D eigenvalue weighted by molar-refractivity contribution is 7.12. The Balaban J connectivity index is 2.11. The van der Waals surface area contributed by atoms with Crippen molar-refractivity contribution in [2.24, 2.45) is 5.73 Å². The van der Waals surface area contributed by atoms with Crippen LogP contribution in [0, 0.1) is 6.92 Å². The topological polar surface area (TPSA) is 35.2 Å². The second-order valence-corrected chi connectivity index (χ2v) is 6.57. The summed E-state index contributed by atoms with van der Waals surface area (Å²) < 4.78 is 6.06. The Morgan fingerprint density at radius 1 is 1.25 bits per heavy atom. The van der Waals surface area contributed by atoms with Gasteiger partial charge in [0.1, 0.15) is 6.10 Å². The van der Waals surface area contributed by atoms with Gasteiger partial charge in [-0.1, -0.05) is 36.7 Å². The van der Waals surface area contributed by atoms with Gasteiger partial charge in [-0.05, 0) is 37.1 Å². The van der Waals surface area contributed by atoms with Gasteiger partial charge >= 0.3 is 0 Å². The van der Waals surface area contributed by atoms with Crippen LogP contribution in [0.5, 0.6) is 0 Å². The first-order chi connectivity index (χ1) is 9.61. The molecule has 0 saturated carbocycles. The maximum atomic E-state index is 6.21. The summed E-state index contributed by atoms with van der Waals surface area (Å²) in [4.78, 5) is 2.46. The summed E-state index contributed by atoms with van der Waals surface area (Å²) in [6, 6.07) is 12.0. The second kappa shape index (κ2) is 7.23. The summed E-state index contributed by atoms with van der Waals surface area (Å²) >= 11 is 7.90. The van der Waals surface area contributed by atoms with E-state index in [4.69, 9.17) is 22.1 Å². The van der Waals surface area contributed by atoms with Gasteiger partial charge < -0.3 is 10.5 Å². The molecule has 0 radical (unpaired) electrons. The maximum Gasteiger partial charge on any atom is 0.107 e. The fraction of sp³-hybridized carbons (Fsp3) is 0.375. The summed E-state index contributed by atoms with van der Waals surface area (Å²) in [5, 5.41) is 0.735. The predicted molar refractivity (Wildman–Crippen MR) is 86.3 cm³/mol. The van der Waals surface area contributed by atoms with Crippen molar-refractivity contribution < 1.29 is 4.74 Å². The average Bonchev–Trinajstić information content (AvgIpc) is 2.87. The van der Waals surface area contributed by atoms with E-state index >= 15 is 0 Å². The molecule has 1 heterocycles. The molecule has 1 aromatic heterocycles. The minimum Gasteiger partial charge on any atom is -0.366 e. The zero-order chi connectivity index (χ0) is 14.5. The minimum atomic E-state index is -0.0741. The van der Waals surface area contributed by atoms with E-state index in [1.165, 1.54) is 9.75 Å². The Hall–Kier alpha value is -0.870. The SMILES string of the molecule is CCC(N)C(OCc1ccccc1Cl)c1ccc(C)s1. The van der Waals surface area contributed by atoms with Crippen molar-refractivity contribution in [2.45, 2.75) is 39.0 Å². The zero-order valence-corrected chi connectivity index (χ0v) is 13.4. The maximum absolute atomic E-state index is 6.21. The first-order valence-electron chi connectivity index (χ1n) is 6.78. The van der Waals surface area contributed by atoms with Crippen LogP contribution in [0.15, 0.2) is 36.4 Å². The quantitative estimate of drug-likeness (QED) is 0.839. The van der Waals surface area contributed by atoms with Crippen LogP contribution in [0.4, 0.5) is 0 Å². The van der Waals surface area contributed by atoms with Crippen molar-refractivity contribution in [1.29, 1.82) is 0 Å². The molecule has 2 atom stereocenters. The molecule has 2 rings (SSSR count). The number of rotatable bonds is 6. The van der Waals surface area contributed by atoms with Gasteiger partial charge in [-0.15, -0.1) is 11.3 Å². The highest BCUT2D eigenvalue weighted by atomic mass is 35.5. The fourth-order valence-corrected chi connectivity index (χ4v) is 3.23. The van der Waals surface area contributed by atoms with Crippen molar-refractivity contribution in [3.8, 4) is 0 Å². The third-order valence-corrected chi connectivity index (χ3v) is 4.71. The van der Waals surface area contributed by atoms with Crippen LogP contribution in [0.1, 0.15) is 34.8 Å². The molecule has 108 valence electrons. The molecule has 0 aliphatic heterocycles. The fourth-order valence-electron chi connectivity index (χ4n) is 2.03. The first kappa shape index (κ1) is 15.5. The Morgan fingerprint density at radius 3 is 2.60 bits per heavy atom. The summed E-state index contributed by atoms with van der Waals surface area (Å²) in [5.74, 6) is 0. The molecule has 2 aromatic rings. The number of halogens is 1. The van der Waals surface area contributed by atoms with Gasteiger partial charge in [0.05, 0.1) is 6.61 Å². The highest BCUT2D eigenvalue weighted by Crippen LogP contribution is 2.30. The number of hydrogen-bond acceptors (Lipinski definition) is 3. The van der Waals surface area contributed by atoms with Crippen LogP contribution in [-0.4, -0.2) is 6.04 Å². The third-order valence-electron chi connectivity index (χ3n) is 3.28. The number of benzene rings is 1. The van der Waals surface area contributed by atoms with Crippen molar-refractivity contribution in [3.05, 3.63) is 56.7 Å². The minimum absolute atomic E-state index is 0.00413. The second-order valence-electron chi connectivity index (χ2n) is 4.84. The highest BCUT2D eigenvalue weighted by Gasteiger charge is 2.21. The standard InChI is InChI=1S/C16H20ClNOS/c1-3-14(18)16(15-9-8-11(2)20-15)19-10-12-6-4-5-7-13(12)17/h4-9,14,16H,3,10,18H2,1-2H3. The van der Waals surface area contributed by atoms with Crippen LogP contribution in [0.2, 0.25) is 5.02 Å². The van der Waals surface area contributed by atoms with E-state index in [2.05, 4.69) is 26.0 Å². The molecule has 0 fully saturated rings. The largest absolute Gasteiger partial charge is 0.366 e. The zero-order valence-electron chi connectivity index (χ0n) is 11.8. The molecule has 0 aliphatic rings. The molecule has 2 unspecified atom stereocenters. The molecular formula is C16H20ClNOS. The first-order valence-corrected chi connectivity index (χ1v) is 7.98. The molecule has 0 bridgehead atoms. The van der Waals surface area contributed by atoms with Crippen LogP contribution in [0.25, 0.3) is 0 Å². The van der Waals surface area contributed by atoms with Gasteiger partial charge in [0.15, 0.2) is 0 Å². The number of aryl methyl sites for hydroxylation is 1. The van der Waals surface area contributed by atoms with E-state index in [9.17, 15) is 0 Å². The van der Waals surface area contributed by atoms with E-state index in [-0.39, 0.29) is 12.1 Å². The molecule has 2 nitrogen and oxygen atoms in total. The molecule has 2 N–H and O–H groups in total. The van der Waals surface area contributed by atoms with Gasteiger partial charge in [-0.2, -0.15) is 0 Å². The molecule has 20 heavy (non-hydrogen) atoms. The summed E-state index contributed by atoms with van der Waals surface area (Å²) in [5.41, 5.74) is 7.21. The van der Waals surface area contributed by atoms with Crippen molar-refractivity contribution in [2.75, 3.05) is 0 Å². The number of hydrogen-bond donors (Lipinski definition) is 1. The van der Waals surface area contributed by atoms with Crippen LogP contribution >= 0.6 is 22.9 Å². The summed E-state index contributed by atoms with van der Waals surface area (Å²) in [6.07, 6.45) is 0.805. The van der Waals surface area contributed by atoms with E-state index in [0.717, 1.165) is 17.0 Å². The summed E-state index contributed by atoms with van der Waals surface area (Å²) in [6.45, 7) is 4.66. The number of nitrogens with two attached hydrogens (primary N) is 1. The molecule has 1 aromatic carbocycles. The molecular weight excluding hydrogens is 290 g/mol. The van der Waals surface area contributed by atoms with Gasteiger partial charge in [0, 0.05) is 20.8 Å². The molecule has 0 spiro atoms. The van der Waals surface area contributed by atoms with E-state index < -0.39 is 0 Å². The monoisotopic (exact) mass is 309 g/mol. The van der Waals surface area contributed by atoms with E-state index in [0.29, 0.717) is 6.61 Å². The Bertz CT molecular complexity index is 555. The van der Waals surface area contributed by atoms with Crippen molar-refractivity contribution in [3.63, 3.8) is 0 Å². The van der Waals surface area contributed by atoms with E-state index in [1.54, 1.807) is 11.3 Å².